The molecule has 2 aromatic carbocycles. The van der Waals surface area contributed by atoms with Crippen LogP contribution in [0, 0.1) is 13.8 Å². The Labute approximate surface area is 172 Å². The Kier molecular flexibility index (Phi) is 4.86. The molecular weight excluding hydrogens is 358 g/mol. The highest BCUT2D eigenvalue weighted by Gasteiger charge is 2.32. The second-order valence-electron chi connectivity index (χ2n) is 8.40. The number of piperidine rings is 1. The van der Waals surface area contributed by atoms with Gasteiger partial charge in [0.1, 0.15) is 0 Å². The van der Waals surface area contributed by atoms with E-state index < -0.39 is 0 Å². The van der Waals surface area contributed by atoms with Crippen molar-refractivity contribution in [1.82, 2.24) is 25.7 Å². The summed E-state index contributed by atoms with van der Waals surface area (Å²) in [6.45, 7) is 7.61. The zero-order valence-electron chi connectivity index (χ0n) is 17.3. The number of aromatic amines is 1. The Morgan fingerprint density at radius 3 is 2.79 bits per heavy atom. The molecule has 2 aliphatic rings. The average Bonchev–Trinajstić information content (AvgIpc) is 3.32. The van der Waals surface area contributed by atoms with E-state index in [1.807, 2.05) is 0 Å². The van der Waals surface area contributed by atoms with Crippen molar-refractivity contribution in [3.63, 3.8) is 0 Å². The van der Waals surface area contributed by atoms with Crippen molar-refractivity contribution in [1.29, 1.82) is 0 Å². The van der Waals surface area contributed by atoms with Crippen LogP contribution in [0.25, 0.3) is 16.7 Å². The SMILES string of the molecule is Cc1cc2nc(C3=C4CCN(CCCc5ccccc5)CC4NN3)[nH]c2cc1C. The summed E-state index contributed by atoms with van der Waals surface area (Å²) in [6.07, 6.45) is 3.44. The van der Waals surface area contributed by atoms with E-state index in [1.165, 1.54) is 28.7 Å². The first-order valence-electron chi connectivity index (χ1n) is 10.7. The molecule has 5 heteroatoms. The number of benzene rings is 2. The van der Waals surface area contributed by atoms with E-state index in [-0.39, 0.29) is 0 Å². The van der Waals surface area contributed by atoms with Gasteiger partial charge in [0.2, 0.25) is 0 Å². The fraction of sp³-hybridized carbons (Fsp3) is 0.375. The highest BCUT2D eigenvalue weighted by Crippen LogP contribution is 2.29. The minimum atomic E-state index is 0.368. The Hall–Kier alpha value is -2.63. The molecule has 2 aliphatic heterocycles. The maximum atomic E-state index is 4.86. The van der Waals surface area contributed by atoms with Crippen molar-refractivity contribution in [2.24, 2.45) is 0 Å². The summed E-state index contributed by atoms with van der Waals surface area (Å²) in [4.78, 5) is 11.0. The highest BCUT2D eigenvalue weighted by molar-refractivity contribution is 5.81. The summed E-state index contributed by atoms with van der Waals surface area (Å²) >= 11 is 0. The van der Waals surface area contributed by atoms with Gasteiger partial charge in [-0.25, -0.2) is 10.4 Å². The first-order valence-corrected chi connectivity index (χ1v) is 10.7. The molecule has 5 rings (SSSR count). The van der Waals surface area contributed by atoms with Gasteiger partial charge in [-0.05, 0) is 74.1 Å². The predicted octanol–water partition coefficient (Wildman–Crippen LogP) is 3.71. The van der Waals surface area contributed by atoms with Crippen LogP contribution in [0.2, 0.25) is 0 Å². The van der Waals surface area contributed by atoms with E-state index >= 15 is 0 Å². The van der Waals surface area contributed by atoms with Crippen LogP contribution in [0.3, 0.4) is 0 Å². The fourth-order valence-electron chi connectivity index (χ4n) is 4.54. The fourth-order valence-corrected chi connectivity index (χ4v) is 4.54. The molecule has 29 heavy (non-hydrogen) atoms. The summed E-state index contributed by atoms with van der Waals surface area (Å²) in [6, 6.07) is 15.5. The molecule has 150 valence electrons. The molecule has 0 amide bonds. The molecule has 3 N–H and O–H groups in total. The lowest BCUT2D eigenvalue weighted by molar-refractivity contribution is 0.227. The van der Waals surface area contributed by atoms with Crippen LogP contribution in [0.4, 0.5) is 0 Å². The zero-order chi connectivity index (χ0) is 19.8. The van der Waals surface area contributed by atoms with Crippen molar-refractivity contribution < 1.29 is 0 Å². The third kappa shape index (κ3) is 3.68. The van der Waals surface area contributed by atoms with Crippen molar-refractivity contribution in [3.05, 3.63) is 70.6 Å². The van der Waals surface area contributed by atoms with E-state index in [1.54, 1.807) is 0 Å². The topological polar surface area (TPSA) is 56.0 Å². The Bertz CT molecular complexity index is 1010. The van der Waals surface area contributed by atoms with Gasteiger partial charge in [-0.2, -0.15) is 0 Å². The quantitative estimate of drug-likeness (QED) is 0.625. The summed E-state index contributed by atoms with van der Waals surface area (Å²) < 4.78 is 0. The van der Waals surface area contributed by atoms with E-state index in [0.29, 0.717) is 6.04 Å². The first kappa shape index (κ1) is 18.4. The van der Waals surface area contributed by atoms with Gasteiger partial charge in [-0.15, -0.1) is 0 Å². The van der Waals surface area contributed by atoms with Gasteiger partial charge in [-0.3, -0.25) is 0 Å². The molecule has 0 bridgehead atoms. The number of nitrogens with one attached hydrogen (secondary N) is 3. The van der Waals surface area contributed by atoms with Gasteiger partial charge in [0, 0.05) is 13.1 Å². The van der Waals surface area contributed by atoms with Crippen LogP contribution in [-0.4, -0.2) is 40.5 Å². The standard InChI is InChI=1S/C24H29N5/c1-16-13-20-21(14-17(16)2)26-24(25-20)23-19-10-12-29(15-22(19)27-28-23)11-6-9-18-7-4-3-5-8-18/h3-5,7-8,13-14,22,27-28H,6,9-12,15H2,1-2H3,(H,25,26). The summed E-state index contributed by atoms with van der Waals surface area (Å²) in [7, 11) is 0. The second-order valence-corrected chi connectivity index (χ2v) is 8.40. The Morgan fingerprint density at radius 1 is 1.10 bits per heavy atom. The number of likely N-dealkylation sites (tertiary alicyclic amines) is 1. The van der Waals surface area contributed by atoms with Gasteiger partial charge in [-0.1, -0.05) is 30.3 Å². The number of aryl methyl sites for hydroxylation is 3. The van der Waals surface area contributed by atoms with E-state index in [2.05, 4.69) is 77.0 Å². The van der Waals surface area contributed by atoms with Gasteiger partial charge >= 0.3 is 0 Å². The minimum Gasteiger partial charge on any atom is -0.337 e. The normalized spacial score (nSPS) is 19.6. The largest absolute Gasteiger partial charge is 0.337 e. The van der Waals surface area contributed by atoms with Crippen LogP contribution in [0.15, 0.2) is 48.0 Å². The van der Waals surface area contributed by atoms with Crippen molar-refractivity contribution in [2.45, 2.75) is 39.2 Å². The first-order chi connectivity index (χ1) is 14.2. The third-order valence-corrected chi connectivity index (χ3v) is 6.37. The van der Waals surface area contributed by atoms with Gasteiger partial charge in [0.15, 0.2) is 5.82 Å². The molecule has 5 nitrogen and oxygen atoms in total. The number of nitrogens with zero attached hydrogens (tertiary/aromatic N) is 2. The molecule has 0 aliphatic carbocycles. The predicted molar refractivity (Wildman–Crippen MR) is 118 cm³/mol. The van der Waals surface area contributed by atoms with Crippen LogP contribution >= 0.6 is 0 Å². The van der Waals surface area contributed by atoms with Crippen molar-refractivity contribution >= 4 is 16.7 Å². The van der Waals surface area contributed by atoms with E-state index in [0.717, 1.165) is 55.0 Å². The van der Waals surface area contributed by atoms with Crippen molar-refractivity contribution in [3.8, 4) is 0 Å². The zero-order valence-corrected chi connectivity index (χ0v) is 17.3. The number of hydrazine groups is 1. The number of hydrogen-bond donors (Lipinski definition) is 3. The number of H-pyrrole nitrogens is 1. The summed E-state index contributed by atoms with van der Waals surface area (Å²) in [5.74, 6) is 0.951. The number of imidazole rings is 1. The van der Waals surface area contributed by atoms with Gasteiger partial charge in [0.05, 0.1) is 22.8 Å². The molecule has 3 aromatic rings. The Balaban J connectivity index is 1.26. The highest BCUT2D eigenvalue weighted by atomic mass is 15.4. The van der Waals surface area contributed by atoms with Crippen LogP contribution in [-0.2, 0) is 6.42 Å². The molecule has 0 spiro atoms. The molecule has 1 fully saturated rings. The van der Waals surface area contributed by atoms with Crippen LogP contribution < -0.4 is 10.9 Å². The molecule has 1 aromatic heterocycles. The lowest BCUT2D eigenvalue weighted by atomic mass is 9.97. The van der Waals surface area contributed by atoms with Gasteiger partial charge < -0.3 is 15.3 Å². The molecular formula is C24H29N5. The maximum Gasteiger partial charge on any atom is 0.155 e. The number of fused-ring (bicyclic) bond motifs is 2. The number of hydrogen-bond acceptors (Lipinski definition) is 4. The molecule has 1 saturated heterocycles. The summed E-state index contributed by atoms with van der Waals surface area (Å²) in [5, 5.41) is 0. The van der Waals surface area contributed by atoms with E-state index in [4.69, 9.17) is 4.98 Å². The number of rotatable bonds is 5. The average molecular weight is 388 g/mol. The molecule has 3 heterocycles. The monoisotopic (exact) mass is 387 g/mol. The van der Waals surface area contributed by atoms with Crippen molar-refractivity contribution in [2.75, 3.05) is 19.6 Å². The second kappa shape index (κ2) is 7.65. The smallest absolute Gasteiger partial charge is 0.155 e. The van der Waals surface area contributed by atoms with Crippen LogP contribution in [0.1, 0.15) is 35.4 Å². The molecule has 0 radical (unpaired) electrons. The lowest BCUT2D eigenvalue weighted by Crippen LogP contribution is -2.46. The summed E-state index contributed by atoms with van der Waals surface area (Å²) in [5.41, 5.74) is 15.7. The van der Waals surface area contributed by atoms with E-state index in [9.17, 15) is 0 Å². The maximum absolute atomic E-state index is 4.86. The number of aromatic nitrogens is 2. The third-order valence-electron chi connectivity index (χ3n) is 6.37. The molecule has 1 atom stereocenters. The molecule has 1 unspecified atom stereocenters. The van der Waals surface area contributed by atoms with Gasteiger partial charge in [0.25, 0.3) is 0 Å². The Morgan fingerprint density at radius 2 is 1.93 bits per heavy atom. The minimum absolute atomic E-state index is 0.368. The molecule has 0 saturated carbocycles. The van der Waals surface area contributed by atoms with Crippen LogP contribution in [0.5, 0.6) is 0 Å². The lowest BCUT2D eigenvalue weighted by Gasteiger charge is -2.31.